The summed E-state index contributed by atoms with van der Waals surface area (Å²) in [6.07, 6.45) is -0.744. The molecule has 13 heteroatoms. The monoisotopic (exact) mass is 484 g/mol. The van der Waals surface area contributed by atoms with Gasteiger partial charge in [0, 0.05) is 5.69 Å². The van der Waals surface area contributed by atoms with E-state index in [1.54, 1.807) is 20.8 Å². The standard InChI is InChI=1S/C19H24N4O7S2/c1-19(2,3)30-18(25)21-12-17(24)22-13-7-9-15(10-8-13)32(28,29)23-14-5-4-6-16(11-14)31(20,26)27/h4-11,23H,12H2,1-3H3,(H,21,25)(H,22,24)(H2,20,26,27). The highest BCUT2D eigenvalue weighted by Crippen LogP contribution is 2.20. The Bertz CT molecular complexity index is 1200. The van der Waals surface area contributed by atoms with Crippen LogP contribution < -0.4 is 20.5 Å². The van der Waals surface area contributed by atoms with E-state index in [0.29, 0.717) is 5.69 Å². The van der Waals surface area contributed by atoms with Crippen LogP contribution in [-0.4, -0.2) is 41.0 Å². The molecule has 5 N–H and O–H groups in total. The van der Waals surface area contributed by atoms with Gasteiger partial charge < -0.3 is 15.4 Å². The molecule has 0 saturated heterocycles. The number of carbonyl (C=O) groups excluding carboxylic acids is 2. The Morgan fingerprint density at radius 1 is 0.938 bits per heavy atom. The minimum atomic E-state index is -4.03. The Kier molecular flexibility index (Phi) is 7.49. The summed E-state index contributed by atoms with van der Waals surface area (Å²) in [5.74, 6) is -0.538. The Morgan fingerprint density at radius 3 is 2.12 bits per heavy atom. The van der Waals surface area contributed by atoms with Crippen molar-refractivity contribution in [2.24, 2.45) is 5.14 Å². The van der Waals surface area contributed by atoms with Gasteiger partial charge in [-0.25, -0.2) is 26.8 Å². The van der Waals surface area contributed by atoms with E-state index in [1.807, 2.05) is 0 Å². The molecule has 0 aromatic heterocycles. The molecule has 2 amide bonds. The normalized spacial score (nSPS) is 12.0. The number of sulfonamides is 2. The molecule has 0 atom stereocenters. The number of carbonyl (C=O) groups is 2. The number of primary sulfonamides is 1. The molecule has 0 spiro atoms. The van der Waals surface area contributed by atoms with Crippen molar-refractivity contribution >= 4 is 43.4 Å². The van der Waals surface area contributed by atoms with Crippen LogP contribution in [0.2, 0.25) is 0 Å². The lowest BCUT2D eigenvalue weighted by Gasteiger charge is -2.19. The van der Waals surface area contributed by atoms with Crippen molar-refractivity contribution in [3.63, 3.8) is 0 Å². The quantitative estimate of drug-likeness (QED) is 0.461. The molecular weight excluding hydrogens is 460 g/mol. The van der Waals surface area contributed by atoms with Crippen molar-refractivity contribution in [2.45, 2.75) is 36.2 Å². The van der Waals surface area contributed by atoms with Crippen LogP contribution in [0.4, 0.5) is 16.2 Å². The summed E-state index contributed by atoms with van der Waals surface area (Å²) in [7, 11) is -8.02. The van der Waals surface area contributed by atoms with E-state index in [1.165, 1.54) is 42.5 Å². The third kappa shape index (κ3) is 7.83. The maximum atomic E-state index is 12.5. The van der Waals surface area contributed by atoms with Gasteiger partial charge in [0.05, 0.1) is 15.5 Å². The second-order valence-corrected chi connectivity index (χ2v) is 10.9. The van der Waals surface area contributed by atoms with Gasteiger partial charge in [-0.2, -0.15) is 0 Å². The van der Waals surface area contributed by atoms with Gasteiger partial charge in [0.15, 0.2) is 0 Å². The Morgan fingerprint density at radius 2 is 1.56 bits per heavy atom. The van der Waals surface area contributed by atoms with Crippen molar-refractivity contribution in [2.75, 3.05) is 16.6 Å². The average molecular weight is 485 g/mol. The van der Waals surface area contributed by atoms with Gasteiger partial charge in [-0.05, 0) is 63.2 Å². The Balaban J connectivity index is 2.01. The molecule has 11 nitrogen and oxygen atoms in total. The molecule has 0 fully saturated rings. The first-order valence-electron chi connectivity index (χ1n) is 9.18. The van der Waals surface area contributed by atoms with Crippen LogP contribution in [0.1, 0.15) is 20.8 Å². The van der Waals surface area contributed by atoms with Crippen molar-refractivity contribution in [1.29, 1.82) is 0 Å². The topological polar surface area (TPSA) is 174 Å². The third-order valence-electron chi connectivity index (χ3n) is 3.66. The first-order valence-corrected chi connectivity index (χ1v) is 12.2. The first kappa shape index (κ1) is 25.1. The largest absolute Gasteiger partial charge is 0.444 e. The molecule has 174 valence electrons. The van der Waals surface area contributed by atoms with E-state index in [4.69, 9.17) is 9.88 Å². The predicted octanol–water partition coefficient (Wildman–Crippen LogP) is 1.60. The fourth-order valence-electron chi connectivity index (χ4n) is 2.34. The zero-order valence-corrected chi connectivity index (χ0v) is 19.2. The molecule has 0 unspecified atom stereocenters. The van der Waals surface area contributed by atoms with Crippen LogP contribution in [0.25, 0.3) is 0 Å². The van der Waals surface area contributed by atoms with E-state index in [-0.39, 0.29) is 22.0 Å². The summed E-state index contributed by atoms with van der Waals surface area (Å²) >= 11 is 0. The summed E-state index contributed by atoms with van der Waals surface area (Å²) in [6, 6.07) is 10.3. The maximum Gasteiger partial charge on any atom is 0.408 e. The SMILES string of the molecule is CC(C)(C)OC(=O)NCC(=O)Nc1ccc(S(=O)(=O)Nc2cccc(S(N)(=O)=O)c2)cc1. The molecule has 0 saturated carbocycles. The molecule has 0 heterocycles. The molecule has 0 bridgehead atoms. The fraction of sp³-hybridized carbons (Fsp3) is 0.263. The molecule has 0 aliphatic rings. The van der Waals surface area contributed by atoms with Crippen molar-refractivity contribution in [3.05, 3.63) is 48.5 Å². The number of hydrogen-bond donors (Lipinski definition) is 4. The second-order valence-electron chi connectivity index (χ2n) is 7.61. The smallest absolute Gasteiger partial charge is 0.408 e. The van der Waals surface area contributed by atoms with Crippen LogP contribution in [0.3, 0.4) is 0 Å². The van der Waals surface area contributed by atoms with Gasteiger partial charge in [0.1, 0.15) is 12.1 Å². The molecule has 2 aromatic carbocycles. The summed E-state index contributed by atoms with van der Waals surface area (Å²) in [4.78, 5) is 23.2. The molecule has 0 aliphatic heterocycles. The number of anilines is 2. The van der Waals surface area contributed by atoms with Gasteiger partial charge in [-0.1, -0.05) is 6.07 Å². The molecular formula is C19H24N4O7S2. The minimum absolute atomic E-state index is 0.0159. The highest BCUT2D eigenvalue weighted by Gasteiger charge is 2.18. The lowest BCUT2D eigenvalue weighted by molar-refractivity contribution is -0.115. The number of amides is 2. The van der Waals surface area contributed by atoms with E-state index in [0.717, 1.165) is 6.07 Å². The highest BCUT2D eigenvalue weighted by atomic mass is 32.2. The summed E-state index contributed by atoms with van der Waals surface area (Å²) in [5, 5.41) is 9.87. The average Bonchev–Trinajstić information content (AvgIpc) is 2.65. The summed E-state index contributed by atoms with van der Waals surface area (Å²) in [6.45, 7) is 4.73. The van der Waals surface area contributed by atoms with Crippen molar-refractivity contribution in [1.82, 2.24) is 5.32 Å². The van der Waals surface area contributed by atoms with Crippen LogP contribution in [0, 0.1) is 0 Å². The molecule has 32 heavy (non-hydrogen) atoms. The van der Waals surface area contributed by atoms with Gasteiger partial charge in [0.2, 0.25) is 15.9 Å². The van der Waals surface area contributed by atoms with Crippen LogP contribution >= 0.6 is 0 Å². The van der Waals surface area contributed by atoms with Crippen molar-refractivity contribution in [3.8, 4) is 0 Å². The minimum Gasteiger partial charge on any atom is -0.444 e. The number of nitrogens with two attached hydrogens (primary N) is 1. The van der Waals surface area contributed by atoms with Gasteiger partial charge in [-0.3, -0.25) is 9.52 Å². The lowest BCUT2D eigenvalue weighted by atomic mass is 10.2. The highest BCUT2D eigenvalue weighted by molar-refractivity contribution is 7.92. The van der Waals surface area contributed by atoms with Crippen LogP contribution in [0.15, 0.2) is 58.3 Å². The lowest BCUT2D eigenvalue weighted by Crippen LogP contribution is -2.37. The summed E-state index contributed by atoms with van der Waals surface area (Å²) < 4.78 is 55.2. The number of hydrogen-bond acceptors (Lipinski definition) is 7. The number of alkyl carbamates (subject to hydrolysis) is 1. The molecule has 2 rings (SSSR count). The fourth-order valence-corrected chi connectivity index (χ4v) is 3.95. The Labute approximate surface area is 186 Å². The van der Waals surface area contributed by atoms with E-state index >= 15 is 0 Å². The number of nitrogens with one attached hydrogen (secondary N) is 3. The second kappa shape index (κ2) is 9.54. The van der Waals surface area contributed by atoms with E-state index in [9.17, 15) is 26.4 Å². The zero-order chi connectivity index (χ0) is 24.2. The zero-order valence-electron chi connectivity index (χ0n) is 17.6. The summed E-state index contributed by atoms with van der Waals surface area (Å²) in [5.41, 5.74) is -0.381. The van der Waals surface area contributed by atoms with Crippen LogP contribution in [0.5, 0.6) is 0 Å². The number of rotatable bonds is 7. The molecule has 2 aromatic rings. The van der Waals surface area contributed by atoms with E-state index in [2.05, 4.69) is 15.4 Å². The van der Waals surface area contributed by atoms with Gasteiger partial charge >= 0.3 is 6.09 Å². The third-order valence-corrected chi connectivity index (χ3v) is 5.96. The van der Waals surface area contributed by atoms with E-state index < -0.39 is 37.6 Å². The number of benzene rings is 2. The Hall–Kier alpha value is -3.16. The van der Waals surface area contributed by atoms with Gasteiger partial charge in [0.25, 0.3) is 10.0 Å². The van der Waals surface area contributed by atoms with Crippen molar-refractivity contribution < 1.29 is 31.2 Å². The van der Waals surface area contributed by atoms with Gasteiger partial charge in [-0.15, -0.1) is 0 Å². The molecule has 0 radical (unpaired) electrons. The maximum absolute atomic E-state index is 12.5. The van der Waals surface area contributed by atoms with Crippen LogP contribution in [-0.2, 0) is 29.6 Å². The first-order chi connectivity index (χ1) is 14.7. The number of ether oxygens (including phenoxy) is 1. The predicted molar refractivity (Wildman–Crippen MR) is 118 cm³/mol. The molecule has 0 aliphatic carbocycles.